The molecule has 1 fully saturated rings. The maximum atomic E-state index is 4.41. The number of hydrogen-bond acceptors (Lipinski definition) is 3. The van der Waals surface area contributed by atoms with Crippen LogP contribution in [0.15, 0.2) is 0 Å². The van der Waals surface area contributed by atoms with Gasteiger partial charge in [-0.15, -0.1) is 10.2 Å². The van der Waals surface area contributed by atoms with Gasteiger partial charge in [-0.25, -0.2) is 0 Å². The van der Waals surface area contributed by atoms with Gasteiger partial charge in [-0.05, 0) is 32.2 Å². The SMILES string of the molecule is CCC1(c2nnc3n2CCC3)CCCN1. The van der Waals surface area contributed by atoms with Gasteiger partial charge in [-0.2, -0.15) is 0 Å². The second-order valence-corrected chi connectivity index (χ2v) is 4.66. The molecule has 1 atom stereocenters. The van der Waals surface area contributed by atoms with Crippen molar-refractivity contribution in [1.82, 2.24) is 20.1 Å². The minimum absolute atomic E-state index is 0.121. The van der Waals surface area contributed by atoms with E-state index < -0.39 is 0 Å². The van der Waals surface area contributed by atoms with Gasteiger partial charge in [0.25, 0.3) is 0 Å². The van der Waals surface area contributed by atoms with E-state index in [2.05, 4.69) is 27.0 Å². The van der Waals surface area contributed by atoms with E-state index in [-0.39, 0.29) is 5.54 Å². The van der Waals surface area contributed by atoms with Crippen molar-refractivity contribution in [2.75, 3.05) is 6.54 Å². The van der Waals surface area contributed by atoms with Gasteiger partial charge in [-0.3, -0.25) is 0 Å². The Morgan fingerprint density at radius 2 is 2.33 bits per heavy atom. The fourth-order valence-corrected chi connectivity index (χ4v) is 2.96. The molecule has 0 amide bonds. The number of rotatable bonds is 2. The fourth-order valence-electron chi connectivity index (χ4n) is 2.96. The summed E-state index contributed by atoms with van der Waals surface area (Å²) in [7, 11) is 0. The molecule has 4 heteroatoms. The highest BCUT2D eigenvalue weighted by molar-refractivity contribution is 5.13. The summed E-state index contributed by atoms with van der Waals surface area (Å²) in [5.41, 5.74) is 0.121. The number of nitrogens with one attached hydrogen (secondary N) is 1. The molecule has 2 aliphatic heterocycles. The van der Waals surface area contributed by atoms with Gasteiger partial charge in [-0.1, -0.05) is 6.92 Å². The minimum Gasteiger partial charge on any atom is -0.313 e. The molecule has 0 saturated carbocycles. The van der Waals surface area contributed by atoms with E-state index >= 15 is 0 Å². The molecule has 3 heterocycles. The Hall–Kier alpha value is -0.900. The first-order valence-electron chi connectivity index (χ1n) is 6.03. The molecular formula is C11H18N4. The Labute approximate surface area is 90.1 Å². The van der Waals surface area contributed by atoms with Crippen LogP contribution in [0.2, 0.25) is 0 Å². The molecule has 0 aliphatic carbocycles. The van der Waals surface area contributed by atoms with Gasteiger partial charge < -0.3 is 9.88 Å². The van der Waals surface area contributed by atoms with Crippen molar-refractivity contribution < 1.29 is 0 Å². The van der Waals surface area contributed by atoms with Crippen LogP contribution in [0.3, 0.4) is 0 Å². The molecule has 1 aromatic rings. The molecule has 0 radical (unpaired) electrons. The molecule has 1 N–H and O–H groups in total. The van der Waals surface area contributed by atoms with Gasteiger partial charge in [0.1, 0.15) is 5.82 Å². The van der Waals surface area contributed by atoms with Crippen LogP contribution in [0.5, 0.6) is 0 Å². The average Bonchev–Trinajstić information content (AvgIpc) is 2.93. The number of nitrogens with zero attached hydrogens (tertiary/aromatic N) is 3. The third-order valence-electron chi connectivity index (χ3n) is 3.88. The molecule has 0 bridgehead atoms. The molecule has 3 rings (SSSR count). The van der Waals surface area contributed by atoms with Crippen molar-refractivity contribution in [3.8, 4) is 0 Å². The summed E-state index contributed by atoms with van der Waals surface area (Å²) in [6.45, 7) is 4.48. The topological polar surface area (TPSA) is 42.7 Å². The van der Waals surface area contributed by atoms with E-state index in [0.29, 0.717) is 0 Å². The summed E-state index contributed by atoms with van der Waals surface area (Å²) in [6, 6.07) is 0. The highest BCUT2D eigenvalue weighted by Gasteiger charge is 2.39. The van der Waals surface area contributed by atoms with Crippen LogP contribution >= 0.6 is 0 Å². The van der Waals surface area contributed by atoms with E-state index in [1.54, 1.807) is 0 Å². The van der Waals surface area contributed by atoms with Crippen molar-refractivity contribution in [1.29, 1.82) is 0 Å². The maximum Gasteiger partial charge on any atom is 0.153 e. The zero-order valence-electron chi connectivity index (χ0n) is 9.29. The lowest BCUT2D eigenvalue weighted by Gasteiger charge is -2.27. The first kappa shape index (κ1) is 9.33. The maximum absolute atomic E-state index is 4.41. The molecule has 4 nitrogen and oxygen atoms in total. The van der Waals surface area contributed by atoms with Crippen LogP contribution in [0.25, 0.3) is 0 Å². The second kappa shape index (κ2) is 3.30. The molecule has 1 aromatic heterocycles. The summed E-state index contributed by atoms with van der Waals surface area (Å²) in [6.07, 6.45) is 5.92. The summed E-state index contributed by atoms with van der Waals surface area (Å²) >= 11 is 0. The van der Waals surface area contributed by atoms with Crippen LogP contribution < -0.4 is 5.32 Å². The van der Waals surface area contributed by atoms with Crippen molar-refractivity contribution >= 4 is 0 Å². The Bertz CT molecular complexity index is 363. The molecule has 0 spiro atoms. The Balaban J connectivity index is 2.03. The number of aromatic nitrogens is 3. The predicted molar refractivity (Wildman–Crippen MR) is 57.5 cm³/mol. The van der Waals surface area contributed by atoms with Crippen molar-refractivity contribution in [3.63, 3.8) is 0 Å². The quantitative estimate of drug-likeness (QED) is 0.791. The molecule has 0 aromatic carbocycles. The summed E-state index contributed by atoms with van der Waals surface area (Å²) < 4.78 is 2.34. The normalized spacial score (nSPS) is 29.7. The zero-order valence-corrected chi connectivity index (χ0v) is 9.29. The third-order valence-corrected chi connectivity index (χ3v) is 3.88. The molecular weight excluding hydrogens is 188 g/mol. The van der Waals surface area contributed by atoms with Crippen LogP contribution in [0.4, 0.5) is 0 Å². The highest BCUT2D eigenvalue weighted by atomic mass is 15.3. The second-order valence-electron chi connectivity index (χ2n) is 4.66. The van der Waals surface area contributed by atoms with Crippen LogP contribution in [0, 0.1) is 0 Å². The average molecular weight is 206 g/mol. The third kappa shape index (κ3) is 1.24. The van der Waals surface area contributed by atoms with Crippen molar-refractivity contribution in [3.05, 3.63) is 11.6 Å². The van der Waals surface area contributed by atoms with Gasteiger partial charge in [0.2, 0.25) is 0 Å². The summed E-state index contributed by atoms with van der Waals surface area (Å²) in [5, 5.41) is 12.3. The Morgan fingerprint density at radius 1 is 1.40 bits per heavy atom. The predicted octanol–water partition coefficient (Wildman–Crippen LogP) is 1.21. The van der Waals surface area contributed by atoms with Crippen LogP contribution in [-0.2, 0) is 18.5 Å². The van der Waals surface area contributed by atoms with E-state index in [4.69, 9.17) is 0 Å². The summed E-state index contributed by atoms with van der Waals surface area (Å²) in [4.78, 5) is 0. The number of aryl methyl sites for hydroxylation is 1. The van der Waals surface area contributed by atoms with E-state index in [1.165, 1.54) is 30.9 Å². The van der Waals surface area contributed by atoms with Gasteiger partial charge in [0.05, 0.1) is 5.54 Å². The largest absolute Gasteiger partial charge is 0.313 e. The standard InChI is InChI=1S/C11H18N4/c1-2-11(6-4-7-12-11)10-14-13-9-5-3-8-15(9)10/h12H,2-8H2,1H3. The lowest BCUT2D eigenvalue weighted by Crippen LogP contribution is -2.38. The smallest absolute Gasteiger partial charge is 0.153 e. The van der Waals surface area contributed by atoms with Crippen molar-refractivity contribution in [2.24, 2.45) is 0 Å². The molecule has 1 saturated heterocycles. The molecule has 2 aliphatic rings. The lowest BCUT2D eigenvalue weighted by atomic mass is 9.93. The minimum atomic E-state index is 0.121. The van der Waals surface area contributed by atoms with Crippen LogP contribution in [-0.4, -0.2) is 21.3 Å². The van der Waals surface area contributed by atoms with Gasteiger partial charge in [0, 0.05) is 13.0 Å². The zero-order chi connectivity index (χ0) is 10.3. The van der Waals surface area contributed by atoms with Crippen molar-refractivity contribution in [2.45, 2.75) is 51.1 Å². The molecule has 82 valence electrons. The van der Waals surface area contributed by atoms with Crippen LogP contribution in [0.1, 0.15) is 44.3 Å². The van der Waals surface area contributed by atoms with Gasteiger partial charge >= 0.3 is 0 Å². The Kier molecular flexibility index (Phi) is 2.06. The summed E-state index contributed by atoms with van der Waals surface area (Å²) in [5.74, 6) is 2.38. The van der Waals surface area contributed by atoms with Gasteiger partial charge in [0.15, 0.2) is 5.82 Å². The monoisotopic (exact) mass is 206 g/mol. The van der Waals surface area contributed by atoms with E-state index in [9.17, 15) is 0 Å². The fraction of sp³-hybridized carbons (Fsp3) is 0.818. The number of fused-ring (bicyclic) bond motifs is 1. The lowest BCUT2D eigenvalue weighted by molar-refractivity contribution is 0.338. The highest BCUT2D eigenvalue weighted by Crippen LogP contribution is 2.34. The first-order chi connectivity index (χ1) is 7.36. The van der Waals surface area contributed by atoms with E-state index in [0.717, 1.165) is 25.9 Å². The Morgan fingerprint density at radius 3 is 3.07 bits per heavy atom. The number of hydrogen-bond donors (Lipinski definition) is 1. The van der Waals surface area contributed by atoms with E-state index in [1.807, 2.05) is 0 Å². The molecule has 1 unspecified atom stereocenters. The first-order valence-corrected chi connectivity index (χ1v) is 6.03. The molecule has 15 heavy (non-hydrogen) atoms.